The molecule has 0 bridgehead atoms. The molecular weight excluding hydrogens is 136 g/mol. The van der Waals surface area contributed by atoms with Gasteiger partial charge in [-0.2, -0.15) is 0 Å². The van der Waals surface area contributed by atoms with Crippen LogP contribution in [0.15, 0.2) is 12.2 Å². The highest BCUT2D eigenvalue weighted by molar-refractivity contribution is 6.10. The molecule has 0 saturated carbocycles. The molecule has 54 valence electrons. The van der Waals surface area contributed by atoms with Crippen LogP contribution in [0.4, 0.5) is 0 Å². The highest BCUT2D eigenvalue weighted by Gasteiger charge is 2.34. The Morgan fingerprint density at radius 2 is 2.00 bits per heavy atom. The number of Topliss-reactive ketones (excluding diaryl/α,β-unsaturated/α-hetero) is 1. The third-order valence-electron chi connectivity index (χ3n) is 1.25. The lowest BCUT2D eigenvalue weighted by Gasteiger charge is -2.17. The average Bonchev–Trinajstić information content (AvgIpc) is 1.81. The van der Waals surface area contributed by atoms with E-state index >= 15 is 0 Å². The van der Waals surface area contributed by atoms with Gasteiger partial charge in [0.05, 0.1) is 6.42 Å². The summed E-state index contributed by atoms with van der Waals surface area (Å²) in [7, 11) is 0. The van der Waals surface area contributed by atoms with Crippen molar-refractivity contribution in [3.63, 3.8) is 0 Å². The molecule has 0 aromatic heterocycles. The van der Waals surface area contributed by atoms with Crippen molar-refractivity contribution in [3.05, 3.63) is 12.2 Å². The van der Waals surface area contributed by atoms with Gasteiger partial charge in [-0.1, -0.05) is 0 Å². The fourth-order valence-corrected chi connectivity index (χ4v) is 0.649. The van der Waals surface area contributed by atoms with Gasteiger partial charge >= 0.3 is 0 Å². The lowest BCUT2D eigenvalue weighted by Crippen LogP contribution is -2.39. The van der Waals surface area contributed by atoms with Crippen molar-refractivity contribution in [1.29, 1.82) is 0 Å². The van der Waals surface area contributed by atoms with Crippen LogP contribution in [0.5, 0.6) is 0 Å². The van der Waals surface area contributed by atoms with Gasteiger partial charge in [0.2, 0.25) is 11.6 Å². The van der Waals surface area contributed by atoms with Gasteiger partial charge in [0.15, 0.2) is 5.78 Å². The molecule has 1 rings (SSSR count). The monoisotopic (exact) mass is 142 g/mol. The molecule has 2 N–H and O–H groups in total. The summed E-state index contributed by atoms with van der Waals surface area (Å²) in [6.07, 6.45) is 1.34. The standard InChI is InChI=1S/C6H6O4/c7-4-1-2-6(9,10)5(8)3-4/h1-2,9-10H,3H2. The van der Waals surface area contributed by atoms with Crippen molar-refractivity contribution >= 4 is 11.6 Å². The second-order valence-electron chi connectivity index (χ2n) is 2.13. The Morgan fingerprint density at radius 3 is 2.40 bits per heavy atom. The fourth-order valence-electron chi connectivity index (χ4n) is 0.649. The van der Waals surface area contributed by atoms with Gasteiger partial charge < -0.3 is 10.2 Å². The molecule has 4 heteroatoms. The van der Waals surface area contributed by atoms with E-state index in [2.05, 4.69) is 0 Å². The number of aliphatic hydroxyl groups is 2. The number of allylic oxidation sites excluding steroid dienone is 1. The van der Waals surface area contributed by atoms with E-state index in [9.17, 15) is 9.59 Å². The SMILES string of the molecule is O=C1C=CC(O)(O)C(=O)C1. The third kappa shape index (κ3) is 1.12. The van der Waals surface area contributed by atoms with Gasteiger partial charge in [-0.25, -0.2) is 0 Å². The Bertz CT molecular complexity index is 214. The van der Waals surface area contributed by atoms with Crippen LogP contribution in [0.25, 0.3) is 0 Å². The Hall–Kier alpha value is -1.00. The van der Waals surface area contributed by atoms with Crippen LogP contribution in [-0.2, 0) is 9.59 Å². The molecule has 0 unspecified atom stereocenters. The van der Waals surface area contributed by atoms with Crippen molar-refractivity contribution in [1.82, 2.24) is 0 Å². The minimum atomic E-state index is -2.42. The molecule has 1 aliphatic carbocycles. The lowest BCUT2D eigenvalue weighted by molar-refractivity contribution is -0.167. The number of ketones is 2. The minimum Gasteiger partial charge on any atom is -0.356 e. The van der Waals surface area contributed by atoms with Crippen molar-refractivity contribution < 1.29 is 19.8 Å². The summed E-state index contributed by atoms with van der Waals surface area (Å²) in [4.78, 5) is 21.0. The van der Waals surface area contributed by atoms with Crippen molar-refractivity contribution in [2.24, 2.45) is 0 Å². The smallest absolute Gasteiger partial charge is 0.245 e. The van der Waals surface area contributed by atoms with Gasteiger partial charge in [-0.05, 0) is 12.2 Å². The molecule has 0 aliphatic heterocycles. The predicted molar refractivity (Wildman–Crippen MR) is 30.9 cm³/mol. The number of hydrogen-bond donors (Lipinski definition) is 2. The fraction of sp³-hybridized carbons (Fsp3) is 0.333. The maximum Gasteiger partial charge on any atom is 0.245 e. The normalized spacial score (nSPS) is 23.4. The molecule has 0 aromatic rings. The molecule has 0 aromatic carbocycles. The molecule has 0 amide bonds. The van der Waals surface area contributed by atoms with Crippen molar-refractivity contribution in [2.75, 3.05) is 0 Å². The second-order valence-corrected chi connectivity index (χ2v) is 2.13. The zero-order valence-corrected chi connectivity index (χ0v) is 5.07. The Labute approximate surface area is 56.8 Å². The van der Waals surface area contributed by atoms with E-state index in [1.165, 1.54) is 0 Å². The van der Waals surface area contributed by atoms with Crippen LogP contribution < -0.4 is 0 Å². The zero-order chi connectivity index (χ0) is 7.78. The first-order chi connectivity index (χ1) is 4.52. The number of carbonyl (C=O) groups is 2. The molecule has 0 spiro atoms. The van der Waals surface area contributed by atoms with E-state index in [-0.39, 0.29) is 0 Å². The van der Waals surface area contributed by atoms with Crippen molar-refractivity contribution in [3.8, 4) is 0 Å². The largest absolute Gasteiger partial charge is 0.356 e. The number of hydrogen-bond acceptors (Lipinski definition) is 4. The van der Waals surface area contributed by atoms with E-state index in [4.69, 9.17) is 10.2 Å². The number of rotatable bonds is 0. The Balaban J connectivity index is 2.93. The summed E-state index contributed by atoms with van der Waals surface area (Å²) in [6, 6.07) is 0. The molecule has 0 atom stereocenters. The summed E-state index contributed by atoms with van der Waals surface area (Å²) < 4.78 is 0. The van der Waals surface area contributed by atoms with Crippen molar-refractivity contribution in [2.45, 2.75) is 12.2 Å². The van der Waals surface area contributed by atoms with Crippen LogP contribution in [-0.4, -0.2) is 27.6 Å². The summed E-state index contributed by atoms with van der Waals surface area (Å²) in [5.74, 6) is -3.70. The zero-order valence-electron chi connectivity index (χ0n) is 5.07. The highest BCUT2D eigenvalue weighted by Crippen LogP contribution is 2.12. The molecule has 0 radical (unpaired) electrons. The van der Waals surface area contributed by atoms with E-state index < -0.39 is 23.8 Å². The highest BCUT2D eigenvalue weighted by atomic mass is 16.5. The van der Waals surface area contributed by atoms with Crippen LogP contribution in [0.3, 0.4) is 0 Å². The first-order valence-electron chi connectivity index (χ1n) is 2.72. The summed E-state index contributed by atoms with van der Waals surface area (Å²) >= 11 is 0. The first-order valence-corrected chi connectivity index (χ1v) is 2.72. The second kappa shape index (κ2) is 2.00. The van der Waals surface area contributed by atoms with Gasteiger partial charge in [0, 0.05) is 0 Å². The van der Waals surface area contributed by atoms with Crippen LogP contribution in [0, 0.1) is 0 Å². The van der Waals surface area contributed by atoms with E-state index in [0.29, 0.717) is 0 Å². The molecule has 0 heterocycles. The van der Waals surface area contributed by atoms with Gasteiger partial charge in [0.1, 0.15) is 0 Å². The Morgan fingerprint density at radius 1 is 1.40 bits per heavy atom. The maximum atomic E-state index is 10.6. The molecule has 0 saturated heterocycles. The Kier molecular flexibility index (Phi) is 1.42. The first kappa shape index (κ1) is 7.11. The third-order valence-corrected chi connectivity index (χ3v) is 1.25. The number of carbonyl (C=O) groups excluding carboxylic acids is 2. The molecule has 0 fully saturated rings. The van der Waals surface area contributed by atoms with E-state index in [1.54, 1.807) is 0 Å². The maximum absolute atomic E-state index is 10.6. The summed E-state index contributed by atoms with van der Waals surface area (Å²) in [5, 5.41) is 17.5. The molecule has 10 heavy (non-hydrogen) atoms. The molecular formula is C6H6O4. The van der Waals surface area contributed by atoms with Crippen LogP contribution >= 0.6 is 0 Å². The van der Waals surface area contributed by atoms with Crippen LogP contribution in [0.1, 0.15) is 6.42 Å². The van der Waals surface area contributed by atoms with E-state index in [1.807, 2.05) is 0 Å². The predicted octanol–water partition coefficient (Wildman–Crippen LogP) is -1.23. The summed E-state index contributed by atoms with van der Waals surface area (Å²) in [6.45, 7) is 0. The average molecular weight is 142 g/mol. The molecule has 1 aliphatic rings. The van der Waals surface area contributed by atoms with Gasteiger partial charge in [0.25, 0.3) is 0 Å². The van der Waals surface area contributed by atoms with Gasteiger partial charge in [-0.3, -0.25) is 9.59 Å². The van der Waals surface area contributed by atoms with Gasteiger partial charge in [-0.15, -0.1) is 0 Å². The minimum absolute atomic E-state index is 0.399. The van der Waals surface area contributed by atoms with E-state index in [0.717, 1.165) is 12.2 Å². The summed E-state index contributed by atoms with van der Waals surface area (Å²) in [5.41, 5.74) is 0. The lowest BCUT2D eigenvalue weighted by atomic mass is 10.00. The topological polar surface area (TPSA) is 74.6 Å². The van der Waals surface area contributed by atoms with Crippen LogP contribution in [0.2, 0.25) is 0 Å². The quantitative estimate of drug-likeness (QED) is 0.328. The molecule has 4 nitrogen and oxygen atoms in total.